The van der Waals surface area contributed by atoms with Crippen molar-refractivity contribution < 1.29 is 4.79 Å². The van der Waals surface area contributed by atoms with Crippen LogP contribution in [0.15, 0.2) is 77.3 Å². The Balaban J connectivity index is 1.90. The third-order valence-corrected chi connectivity index (χ3v) is 5.85. The van der Waals surface area contributed by atoms with Gasteiger partial charge in [0.15, 0.2) is 5.78 Å². The molecule has 1 atom stereocenters. The number of rotatable bonds is 3. The quantitative estimate of drug-likeness (QED) is 0.724. The van der Waals surface area contributed by atoms with Crippen LogP contribution >= 0.6 is 11.6 Å². The number of benzene rings is 2. The smallest absolute Gasteiger partial charge is 0.162 e. The number of halogens is 1. The molecule has 0 bridgehead atoms. The van der Waals surface area contributed by atoms with E-state index in [1.54, 1.807) is 17.1 Å². The molecule has 6 heteroatoms. The van der Waals surface area contributed by atoms with Crippen molar-refractivity contribution in [2.45, 2.75) is 32.6 Å². The van der Waals surface area contributed by atoms with Gasteiger partial charge in [0, 0.05) is 17.0 Å². The Morgan fingerprint density at radius 3 is 2.43 bits per heavy atom. The second-order valence-corrected chi connectivity index (χ2v) is 8.95. The number of nitrogens with two attached hydrogens (primary N) is 1. The number of hydrogen-bond donors (Lipinski definition) is 2. The highest BCUT2D eigenvalue weighted by Crippen LogP contribution is 2.49. The summed E-state index contributed by atoms with van der Waals surface area (Å²) in [7, 11) is 0. The van der Waals surface area contributed by atoms with Crippen LogP contribution < -0.4 is 11.2 Å². The molecule has 5 nitrogen and oxygen atoms in total. The number of nitrogens with zero attached hydrogens (tertiary/aromatic N) is 2. The topological polar surface area (TPSA) is 82.2 Å². The predicted octanol–water partition coefficient (Wildman–Crippen LogP) is 5.10. The second-order valence-electron chi connectivity index (χ2n) is 8.51. The van der Waals surface area contributed by atoms with E-state index in [2.05, 4.69) is 25.3 Å². The molecule has 0 amide bonds. The summed E-state index contributed by atoms with van der Waals surface area (Å²) in [5.41, 5.74) is 13.1. The van der Waals surface area contributed by atoms with E-state index in [4.69, 9.17) is 17.3 Å². The molecule has 152 valence electrons. The number of carbonyl (C=O) groups is 1. The number of nitrogens with one attached hydrogen (secondary N) is 1. The third kappa shape index (κ3) is 3.55. The number of carbonyl (C=O) groups excluding carboxylic acids is 1. The molecule has 3 N–H and O–H groups in total. The Morgan fingerprint density at radius 1 is 1.13 bits per heavy atom. The molecule has 0 aromatic heterocycles. The lowest BCUT2D eigenvalue weighted by Crippen LogP contribution is -2.44. The first-order chi connectivity index (χ1) is 14.3. The van der Waals surface area contributed by atoms with Crippen molar-refractivity contribution in [3.63, 3.8) is 0 Å². The van der Waals surface area contributed by atoms with Crippen molar-refractivity contribution in [3.8, 4) is 6.07 Å². The first-order valence-electron chi connectivity index (χ1n) is 9.84. The Kier molecular flexibility index (Phi) is 5.05. The average Bonchev–Trinajstić information content (AvgIpc) is 2.70. The van der Waals surface area contributed by atoms with Gasteiger partial charge >= 0.3 is 0 Å². The molecule has 0 radical (unpaired) electrons. The molecule has 0 fully saturated rings. The summed E-state index contributed by atoms with van der Waals surface area (Å²) in [5, 5.41) is 12.3. The Morgan fingerprint density at radius 2 is 1.80 bits per heavy atom. The summed E-state index contributed by atoms with van der Waals surface area (Å²) >= 11 is 6.07. The van der Waals surface area contributed by atoms with Gasteiger partial charge in [0.25, 0.3) is 0 Å². The van der Waals surface area contributed by atoms with Gasteiger partial charge in [0.1, 0.15) is 5.82 Å². The molecule has 0 spiro atoms. The maximum Gasteiger partial charge on any atom is 0.162 e. The maximum atomic E-state index is 13.3. The lowest BCUT2D eigenvalue weighted by atomic mass is 9.69. The Labute approximate surface area is 181 Å². The van der Waals surface area contributed by atoms with E-state index in [1.165, 1.54) is 0 Å². The molecule has 2 aliphatic rings. The SMILES string of the molecule is CC1(C)CC(=O)C2=C(C1)N(Nc1ccccc1)C(N)=C(C#N)C2c1ccc(Cl)cc1. The van der Waals surface area contributed by atoms with Crippen LogP contribution in [-0.4, -0.2) is 10.8 Å². The molecule has 2 aromatic rings. The summed E-state index contributed by atoms with van der Waals surface area (Å²) in [6.45, 7) is 4.15. The molecule has 1 aliphatic heterocycles. The number of Topliss-reactive ketones (excluding diaryl/α,β-unsaturated/α-hetero) is 1. The molecule has 1 aliphatic carbocycles. The normalized spacial score (nSPS) is 20.7. The highest BCUT2D eigenvalue weighted by molar-refractivity contribution is 6.30. The lowest BCUT2D eigenvalue weighted by Gasteiger charge is -2.43. The van der Waals surface area contributed by atoms with Crippen LogP contribution in [0.3, 0.4) is 0 Å². The summed E-state index contributed by atoms with van der Waals surface area (Å²) in [6.07, 6.45) is 1.09. The highest BCUT2D eigenvalue weighted by atomic mass is 35.5. The number of hydrazine groups is 1. The summed E-state index contributed by atoms with van der Waals surface area (Å²) in [4.78, 5) is 13.3. The molecule has 0 saturated carbocycles. The van der Waals surface area contributed by atoms with Crippen molar-refractivity contribution in [2.24, 2.45) is 11.1 Å². The summed E-state index contributed by atoms with van der Waals surface area (Å²) in [6, 6.07) is 19.1. The van der Waals surface area contributed by atoms with Gasteiger partial charge in [0.05, 0.1) is 28.9 Å². The monoisotopic (exact) mass is 418 g/mol. The highest BCUT2D eigenvalue weighted by Gasteiger charge is 2.44. The largest absolute Gasteiger partial charge is 0.383 e. The molecule has 4 rings (SSSR count). The fraction of sp³-hybridized carbons (Fsp3) is 0.250. The molecule has 1 unspecified atom stereocenters. The Bertz CT molecular complexity index is 1090. The minimum atomic E-state index is -0.500. The van der Waals surface area contributed by atoms with Gasteiger partial charge in [-0.25, -0.2) is 5.01 Å². The number of anilines is 1. The first-order valence-corrected chi connectivity index (χ1v) is 10.2. The van der Waals surface area contributed by atoms with E-state index in [0.29, 0.717) is 34.8 Å². The zero-order valence-corrected chi connectivity index (χ0v) is 17.7. The van der Waals surface area contributed by atoms with Crippen LogP contribution in [0.25, 0.3) is 0 Å². The van der Waals surface area contributed by atoms with E-state index >= 15 is 0 Å². The van der Waals surface area contributed by atoms with Gasteiger partial charge in [-0.2, -0.15) is 5.26 Å². The molecular weight excluding hydrogens is 396 g/mol. The number of hydrogen-bond acceptors (Lipinski definition) is 5. The maximum absolute atomic E-state index is 13.3. The van der Waals surface area contributed by atoms with Crippen LogP contribution in [-0.2, 0) is 4.79 Å². The van der Waals surface area contributed by atoms with Crippen molar-refractivity contribution in [1.82, 2.24) is 5.01 Å². The minimum Gasteiger partial charge on any atom is -0.383 e. The van der Waals surface area contributed by atoms with Gasteiger partial charge in [-0.05, 0) is 41.7 Å². The fourth-order valence-electron chi connectivity index (χ4n) is 4.27. The molecule has 30 heavy (non-hydrogen) atoms. The van der Waals surface area contributed by atoms with E-state index in [1.807, 2.05) is 42.5 Å². The number of para-hydroxylation sites is 1. The van der Waals surface area contributed by atoms with Crippen molar-refractivity contribution in [2.75, 3.05) is 5.43 Å². The zero-order chi connectivity index (χ0) is 21.5. The number of allylic oxidation sites excluding steroid dienone is 3. The van der Waals surface area contributed by atoms with Gasteiger partial charge < -0.3 is 5.73 Å². The fourth-order valence-corrected chi connectivity index (χ4v) is 4.39. The molecule has 2 aromatic carbocycles. The van der Waals surface area contributed by atoms with Gasteiger partial charge in [-0.3, -0.25) is 10.2 Å². The van der Waals surface area contributed by atoms with E-state index in [0.717, 1.165) is 16.9 Å². The van der Waals surface area contributed by atoms with Crippen LogP contribution in [0.5, 0.6) is 0 Å². The zero-order valence-electron chi connectivity index (χ0n) is 16.9. The molecule has 1 heterocycles. The second kappa shape index (κ2) is 7.55. The van der Waals surface area contributed by atoms with Crippen LogP contribution in [0.2, 0.25) is 5.02 Å². The first kappa shape index (κ1) is 20.1. The number of ketones is 1. The van der Waals surface area contributed by atoms with E-state index in [-0.39, 0.29) is 11.2 Å². The van der Waals surface area contributed by atoms with Crippen LogP contribution in [0.1, 0.15) is 38.2 Å². The predicted molar refractivity (Wildman–Crippen MR) is 118 cm³/mol. The van der Waals surface area contributed by atoms with Gasteiger partial charge in [0.2, 0.25) is 0 Å². The van der Waals surface area contributed by atoms with Crippen molar-refractivity contribution in [1.29, 1.82) is 5.26 Å². The van der Waals surface area contributed by atoms with Gasteiger partial charge in [-0.1, -0.05) is 55.8 Å². The van der Waals surface area contributed by atoms with Gasteiger partial charge in [-0.15, -0.1) is 0 Å². The van der Waals surface area contributed by atoms with Crippen molar-refractivity contribution in [3.05, 3.63) is 87.8 Å². The van der Waals surface area contributed by atoms with Crippen LogP contribution in [0, 0.1) is 16.7 Å². The molecular formula is C24H23ClN4O. The average molecular weight is 419 g/mol. The van der Waals surface area contributed by atoms with E-state index in [9.17, 15) is 10.1 Å². The third-order valence-electron chi connectivity index (χ3n) is 5.60. The minimum absolute atomic E-state index is 0.0429. The van der Waals surface area contributed by atoms with Crippen molar-refractivity contribution >= 4 is 23.1 Å². The van der Waals surface area contributed by atoms with E-state index < -0.39 is 5.92 Å². The summed E-state index contributed by atoms with van der Waals surface area (Å²) < 4.78 is 0. The standard InChI is InChI=1S/C24H23ClN4O/c1-24(2)12-19-22(20(30)13-24)21(15-8-10-16(25)11-9-15)18(14-26)23(27)29(19)28-17-6-4-3-5-7-17/h3-11,21,28H,12-13,27H2,1-2H3. The Hall–Kier alpha value is -3.23. The lowest BCUT2D eigenvalue weighted by molar-refractivity contribution is -0.118. The summed E-state index contributed by atoms with van der Waals surface area (Å²) in [5.74, 6) is -0.147. The van der Waals surface area contributed by atoms with Crippen LogP contribution in [0.4, 0.5) is 5.69 Å². The number of nitriles is 1. The molecule has 0 saturated heterocycles.